The van der Waals surface area contributed by atoms with E-state index in [1.165, 1.54) is 12.1 Å². The number of hydrogen-bond acceptors (Lipinski definition) is 3. The van der Waals surface area contributed by atoms with E-state index in [9.17, 15) is 14.0 Å². The topological polar surface area (TPSA) is 49.9 Å². The van der Waals surface area contributed by atoms with Gasteiger partial charge < -0.3 is 14.5 Å². The second-order valence-corrected chi connectivity index (χ2v) is 5.94. The van der Waals surface area contributed by atoms with Crippen molar-refractivity contribution in [3.8, 4) is 5.75 Å². The first-order chi connectivity index (χ1) is 11.6. The standard InChI is InChI=1S/C18H25FN2O3/c1-2-3-9-17(22)20-10-6-11-21(13-12-20)18(23)14-24-16-8-5-4-7-15(16)19/h4-5,7-8H,2-3,6,9-14H2,1H3. The molecule has 1 saturated heterocycles. The Morgan fingerprint density at radius 3 is 2.42 bits per heavy atom. The Bertz CT molecular complexity index is 565. The lowest BCUT2D eigenvalue weighted by atomic mass is 10.2. The van der Waals surface area contributed by atoms with Gasteiger partial charge in [0, 0.05) is 32.6 Å². The van der Waals surface area contributed by atoms with Gasteiger partial charge in [-0.2, -0.15) is 0 Å². The molecule has 6 heteroatoms. The smallest absolute Gasteiger partial charge is 0.260 e. The number of amides is 2. The number of nitrogens with zero attached hydrogens (tertiary/aromatic N) is 2. The predicted octanol–water partition coefficient (Wildman–Crippen LogP) is 2.46. The summed E-state index contributed by atoms with van der Waals surface area (Å²) in [6, 6.07) is 6.03. The van der Waals surface area contributed by atoms with Gasteiger partial charge in [0.2, 0.25) is 5.91 Å². The zero-order valence-electron chi connectivity index (χ0n) is 14.2. The van der Waals surface area contributed by atoms with Gasteiger partial charge >= 0.3 is 0 Å². The van der Waals surface area contributed by atoms with Crippen molar-refractivity contribution in [2.75, 3.05) is 32.8 Å². The highest BCUT2D eigenvalue weighted by molar-refractivity contribution is 5.78. The van der Waals surface area contributed by atoms with Gasteiger partial charge in [0.15, 0.2) is 18.2 Å². The summed E-state index contributed by atoms with van der Waals surface area (Å²) in [6.07, 6.45) is 3.22. The number of rotatable bonds is 6. The summed E-state index contributed by atoms with van der Waals surface area (Å²) in [5.74, 6) is -0.416. The molecule has 0 bridgehead atoms. The van der Waals surface area contributed by atoms with Crippen LogP contribution in [-0.2, 0) is 9.59 Å². The van der Waals surface area contributed by atoms with Crippen LogP contribution in [0.25, 0.3) is 0 Å². The van der Waals surface area contributed by atoms with E-state index in [1.807, 2.05) is 4.90 Å². The molecule has 24 heavy (non-hydrogen) atoms. The number of ether oxygens (including phenoxy) is 1. The van der Waals surface area contributed by atoms with Crippen molar-refractivity contribution in [2.45, 2.75) is 32.6 Å². The molecule has 2 amide bonds. The number of unbranched alkanes of at least 4 members (excludes halogenated alkanes) is 1. The summed E-state index contributed by atoms with van der Waals surface area (Å²) >= 11 is 0. The van der Waals surface area contributed by atoms with Gasteiger partial charge in [-0.15, -0.1) is 0 Å². The Labute approximate surface area is 142 Å². The van der Waals surface area contributed by atoms with E-state index in [1.54, 1.807) is 17.0 Å². The van der Waals surface area contributed by atoms with Crippen LogP contribution in [0.4, 0.5) is 4.39 Å². The zero-order chi connectivity index (χ0) is 17.4. The van der Waals surface area contributed by atoms with Crippen molar-refractivity contribution in [2.24, 2.45) is 0 Å². The minimum absolute atomic E-state index is 0.0806. The molecule has 1 aliphatic rings. The maximum absolute atomic E-state index is 13.5. The SMILES string of the molecule is CCCCC(=O)N1CCCN(C(=O)COc2ccccc2F)CC1. The Kier molecular flexibility index (Phi) is 7.03. The second-order valence-electron chi connectivity index (χ2n) is 5.94. The van der Waals surface area contributed by atoms with E-state index in [0.717, 1.165) is 19.3 Å². The fraction of sp³-hybridized carbons (Fsp3) is 0.556. The molecule has 1 heterocycles. The van der Waals surface area contributed by atoms with Crippen molar-refractivity contribution in [1.29, 1.82) is 0 Å². The molecule has 0 unspecified atom stereocenters. The summed E-state index contributed by atoms with van der Waals surface area (Å²) in [5.41, 5.74) is 0. The number of halogens is 1. The molecule has 0 spiro atoms. The maximum Gasteiger partial charge on any atom is 0.260 e. The molecule has 1 aromatic rings. The van der Waals surface area contributed by atoms with Gasteiger partial charge in [0.25, 0.3) is 5.91 Å². The molecule has 5 nitrogen and oxygen atoms in total. The lowest BCUT2D eigenvalue weighted by Gasteiger charge is -2.22. The lowest BCUT2D eigenvalue weighted by Crippen LogP contribution is -2.39. The summed E-state index contributed by atoms with van der Waals surface area (Å²) in [6.45, 7) is 4.19. The normalized spacial score (nSPS) is 15.1. The predicted molar refractivity (Wildman–Crippen MR) is 89.2 cm³/mol. The molecule has 0 aliphatic carbocycles. The van der Waals surface area contributed by atoms with Crippen LogP contribution in [0.15, 0.2) is 24.3 Å². The molecule has 1 aliphatic heterocycles. The van der Waals surface area contributed by atoms with E-state index in [0.29, 0.717) is 32.6 Å². The second kappa shape index (κ2) is 9.25. The monoisotopic (exact) mass is 336 g/mol. The van der Waals surface area contributed by atoms with Crippen LogP contribution in [0, 0.1) is 5.82 Å². The van der Waals surface area contributed by atoms with Crippen molar-refractivity contribution >= 4 is 11.8 Å². The van der Waals surface area contributed by atoms with Gasteiger partial charge in [0.05, 0.1) is 0 Å². The Hall–Kier alpha value is -2.11. The summed E-state index contributed by atoms with van der Waals surface area (Å²) < 4.78 is 18.8. The zero-order valence-corrected chi connectivity index (χ0v) is 14.2. The van der Waals surface area contributed by atoms with Gasteiger partial charge in [-0.05, 0) is 25.0 Å². The van der Waals surface area contributed by atoms with E-state index in [2.05, 4.69) is 6.92 Å². The van der Waals surface area contributed by atoms with Gasteiger partial charge in [-0.3, -0.25) is 9.59 Å². The first-order valence-corrected chi connectivity index (χ1v) is 8.54. The van der Waals surface area contributed by atoms with Crippen LogP contribution in [0.5, 0.6) is 5.75 Å². The highest BCUT2D eigenvalue weighted by Gasteiger charge is 2.22. The Morgan fingerprint density at radius 2 is 1.75 bits per heavy atom. The first kappa shape index (κ1) is 18.2. The van der Waals surface area contributed by atoms with Crippen LogP contribution in [0.2, 0.25) is 0 Å². The molecule has 0 aromatic heterocycles. The van der Waals surface area contributed by atoms with Gasteiger partial charge in [-0.25, -0.2) is 4.39 Å². The number of para-hydroxylation sites is 1. The number of hydrogen-bond donors (Lipinski definition) is 0. The van der Waals surface area contributed by atoms with Crippen LogP contribution in [-0.4, -0.2) is 54.4 Å². The van der Waals surface area contributed by atoms with E-state index >= 15 is 0 Å². The van der Waals surface area contributed by atoms with Crippen LogP contribution in [0.1, 0.15) is 32.6 Å². The molecule has 0 N–H and O–H groups in total. The maximum atomic E-state index is 13.5. The molecule has 0 saturated carbocycles. The highest BCUT2D eigenvalue weighted by Crippen LogP contribution is 2.15. The third-order valence-corrected chi connectivity index (χ3v) is 4.13. The fourth-order valence-electron chi connectivity index (χ4n) is 2.69. The van der Waals surface area contributed by atoms with Crippen molar-refractivity contribution in [3.63, 3.8) is 0 Å². The van der Waals surface area contributed by atoms with E-state index in [4.69, 9.17) is 4.74 Å². The highest BCUT2D eigenvalue weighted by atomic mass is 19.1. The minimum Gasteiger partial charge on any atom is -0.481 e. The van der Waals surface area contributed by atoms with Crippen LogP contribution < -0.4 is 4.74 Å². The van der Waals surface area contributed by atoms with Crippen molar-refractivity contribution < 1.29 is 18.7 Å². The third-order valence-electron chi connectivity index (χ3n) is 4.13. The Morgan fingerprint density at radius 1 is 1.08 bits per heavy atom. The third kappa shape index (κ3) is 5.22. The molecule has 132 valence electrons. The van der Waals surface area contributed by atoms with Gasteiger partial charge in [0.1, 0.15) is 0 Å². The summed E-state index contributed by atoms with van der Waals surface area (Å²) in [5, 5.41) is 0. The summed E-state index contributed by atoms with van der Waals surface area (Å²) in [7, 11) is 0. The Balaban J connectivity index is 1.81. The minimum atomic E-state index is -0.478. The van der Waals surface area contributed by atoms with Crippen molar-refractivity contribution in [1.82, 2.24) is 9.80 Å². The van der Waals surface area contributed by atoms with Crippen LogP contribution in [0.3, 0.4) is 0 Å². The molecule has 0 radical (unpaired) electrons. The molecular weight excluding hydrogens is 311 g/mol. The van der Waals surface area contributed by atoms with Crippen molar-refractivity contribution in [3.05, 3.63) is 30.1 Å². The number of carbonyl (C=O) groups excluding carboxylic acids is 2. The molecule has 2 rings (SSSR count). The molecule has 1 aromatic carbocycles. The van der Waals surface area contributed by atoms with E-state index in [-0.39, 0.29) is 24.2 Å². The van der Waals surface area contributed by atoms with Gasteiger partial charge in [-0.1, -0.05) is 25.5 Å². The first-order valence-electron chi connectivity index (χ1n) is 8.54. The lowest BCUT2D eigenvalue weighted by molar-refractivity contribution is -0.134. The van der Waals surface area contributed by atoms with Crippen LogP contribution >= 0.6 is 0 Å². The average molecular weight is 336 g/mol. The molecular formula is C18H25FN2O3. The number of benzene rings is 1. The quantitative estimate of drug-likeness (QED) is 0.802. The molecule has 1 fully saturated rings. The fourth-order valence-corrected chi connectivity index (χ4v) is 2.69. The summed E-state index contributed by atoms with van der Waals surface area (Å²) in [4.78, 5) is 27.9. The largest absolute Gasteiger partial charge is 0.481 e. The molecule has 0 atom stereocenters. The average Bonchev–Trinajstić information content (AvgIpc) is 2.85. The number of carbonyl (C=O) groups is 2. The van der Waals surface area contributed by atoms with E-state index < -0.39 is 5.82 Å².